The Hall–Kier alpha value is -3.74. The van der Waals surface area contributed by atoms with Gasteiger partial charge in [0.1, 0.15) is 22.8 Å². The zero-order valence-electron chi connectivity index (χ0n) is 21.0. The van der Waals surface area contributed by atoms with E-state index in [-0.39, 0.29) is 11.8 Å². The third-order valence-corrected chi connectivity index (χ3v) is 6.27. The number of furan rings is 1. The first kappa shape index (κ1) is 24.4. The molecular weight excluding hydrogens is 444 g/mol. The van der Waals surface area contributed by atoms with E-state index in [1.807, 2.05) is 20.8 Å². The van der Waals surface area contributed by atoms with E-state index in [2.05, 4.69) is 16.7 Å². The molecule has 35 heavy (non-hydrogen) atoms. The number of hydrogen-bond acceptors (Lipinski definition) is 5. The van der Waals surface area contributed by atoms with Gasteiger partial charge in [0.2, 0.25) is 11.8 Å². The van der Waals surface area contributed by atoms with E-state index in [1.165, 1.54) is 19.6 Å². The van der Waals surface area contributed by atoms with Crippen molar-refractivity contribution in [1.29, 1.82) is 0 Å². The summed E-state index contributed by atoms with van der Waals surface area (Å²) in [6.45, 7) is 7.80. The summed E-state index contributed by atoms with van der Waals surface area (Å²) in [4.78, 5) is 24.4. The number of carbonyl (C=O) groups excluding carboxylic acids is 2. The number of amides is 2. The van der Waals surface area contributed by atoms with Gasteiger partial charge in [0.15, 0.2) is 0 Å². The van der Waals surface area contributed by atoms with Crippen LogP contribution in [0.4, 0.5) is 11.4 Å². The highest BCUT2D eigenvalue weighted by Crippen LogP contribution is 2.41. The summed E-state index contributed by atoms with van der Waals surface area (Å²) in [6.07, 6.45) is 5.81. The van der Waals surface area contributed by atoms with Crippen molar-refractivity contribution in [3.63, 3.8) is 0 Å². The first-order chi connectivity index (χ1) is 16.8. The normalized spacial score (nSPS) is 13.3. The molecule has 7 heteroatoms. The van der Waals surface area contributed by atoms with Crippen molar-refractivity contribution in [3.8, 4) is 11.5 Å². The predicted molar refractivity (Wildman–Crippen MR) is 138 cm³/mol. The second-order valence-corrected chi connectivity index (χ2v) is 8.81. The smallest absolute Gasteiger partial charge is 0.248 e. The van der Waals surface area contributed by atoms with Crippen molar-refractivity contribution in [1.82, 2.24) is 0 Å². The first-order valence-electron chi connectivity index (χ1n) is 12.0. The lowest BCUT2D eigenvalue weighted by Gasteiger charge is -2.15. The summed E-state index contributed by atoms with van der Waals surface area (Å²) in [6, 6.07) is 7.18. The van der Waals surface area contributed by atoms with Crippen LogP contribution in [-0.2, 0) is 22.4 Å². The van der Waals surface area contributed by atoms with Crippen LogP contribution in [-0.4, -0.2) is 25.5 Å². The van der Waals surface area contributed by atoms with Gasteiger partial charge in [0.25, 0.3) is 0 Å². The fourth-order valence-corrected chi connectivity index (χ4v) is 4.69. The van der Waals surface area contributed by atoms with Gasteiger partial charge in [-0.05, 0) is 69.9 Å². The second kappa shape index (κ2) is 10.3. The number of methoxy groups -OCH3 is 1. The van der Waals surface area contributed by atoms with Gasteiger partial charge in [0.05, 0.1) is 19.4 Å². The minimum absolute atomic E-state index is 0.196. The van der Waals surface area contributed by atoms with Crippen molar-refractivity contribution >= 4 is 39.7 Å². The van der Waals surface area contributed by atoms with Gasteiger partial charge < -0.3 is 24.5 Å². The molecule has 2 N–H and O–H groups in total. The van der Waals surface area contributed by atoms with Crippen LogP contribution < -0.4 is 20.1 Å². The number of nitrogens with one attached hydrogen (secondary N) is 2. The maximum absolute atomic E-state index is 13.0. The van der Waals surface area contributed by atoms with E-state index >= 15 is 0 Å². The quantitative estimate of drug-likeness (QED) is 0.407. The molecule has 1 aromatic heterocycles. The van der Waals surface area contributed by atoms with Crippen molar-refractivity contribution in [3.05, 3.63) is 52.8 Å². The van der Waals surface area contributed by atoms with E-state index in [4.69, 9.17) is 13.9 Å². The molecule has 0 unspecified atom stereocenters. The molecule has 2 amide bonds. The lowest BCUT2D eigenvalue weighted by molar-refractivity contribution is -0.114. The van der Waals surface area contributed by atoms with Gasteiger partial charge in [-0.25, -0.2) is 0 Å². The Bertz CT molecular complexity index is 1320. The first-order valence-corrected chi connectivity index (χ1v) is 12.0. The van der Waals surface area contributed by atoms with Crippen LogP contribution in [0.5, 0.6) is 11.5 Å². The molecule has 2 aromatic carbocycles. The maximum Gasteiger partial charge on any atom is 0.248 e. The molecular formula is C28H32N2O5. The molecule has 0 atom stereocenters. The molecule has 184 valence electrons. The minimum atomic E-state index is -0.310. The molecule has 0 saturated heterocycles. The lowest BCUT2D eigenvalue weighted by atomic mass is 9.93. The molecule has 7 nitrogen and oxygen atoms in total. The standard InChI is InChI=1S/C28H32N2O5/c1-6-34-27-17(3)28-22(20-9-7-8-10-24(20)35-28)15-21(27)16(2)13-26(32)30-23-14-19(29-18(4)31)11-12-25(23)33-5/h11-15H,6-10H2,1-5H3,(H,29,31)(H,30,32)/b16-13+. The van der Waals surface area contributed by atoms with Gasteiger partial charge in [-0.2, -0.15) is 0 Å². The second-order valence-electron chi connectivity index (χ2n) is 8.81. The predicted octanol–water partition coefficient (Wildman–Crippen LogP) is 6.03. The zero-order valence-corrected chi connectivity index (χ0v) is 21.0. The van der Waals surface area contributed by atoms with E-state index in [0.29, 0.717) is 23.7 Å². The Balaban J connectivity index is 1.70. The largest absolute Gasteiger partial charge is 0.495 e. The number of rotatable bonds is 7. The van der Waals surface area contributed by atoms with Gasteiger partial charge in [-0.3, -0.25) is 9.59 Å². The number of carbonyl (C=O) groups is 2. The molecule has 0 bridgehead atoms. The average Bonchev–Trinajstić information content (AvgIpc) is 3.19. The van der Waals surface area contributed by atoms with E-state index in [9.17, 15) is 9.59 Å². The molecule has 0 spiro atoms. The highest BCUT2D eigenvalue weighted by molar-refractivity contribution is 6.06. The highest BCUT2D eigenvalue weighted by atomic mass is 16.5. The summed E-state index contributed by atoms with van der Waals surface area (Å²) in [7, 11) is 1.53. The zero-order chi connectivity index (χ0) is 25.1. The summed E-state index contributed by atoms with van der Waals surface area (Å²) < 4.78 is 17.6. The van der Waals surface area contributed by atoms with Crippen LogP contribution in [0.15, 0.2) is 34.8 Å². The van der Waals surface area contributed by atoms with Gasteiger partial charge in [0, 0.05) is 47.2 Å². The number of anilines is 2. The molecule has 1 aliphatic rings. The monoisotopic (exact) mass is 476 g/mol. The van der Waals surface area contributed by atoms with E-state index in [1.54, 1.807) is 24.3 Å². The molecule has 0 aliphatic heterocycles. The highest BCUT2D eigenvalue weighted by Gasteiger charge is 2.23. The summed E-state index contributed by atoms with van der Waals surface area (Å²) >= 11 is 0. The lowest BCUT2D eigenvalue weighted by Crippen LogP contribution is -2.11. The van der Waals surface area contributed by atoms with Crippen LogP contribution >= 0.6 is 0 Å². The Morgan fingerprint density at radius 1 is 1.11 bits per heavy atom. The summed E-state index contributed by atoms with van der Waals surface area (Å²) in [5.41, 5.74) is 5.79. The molecule has 0 radical (unpaired) electrons. The number of aryl methyl sites for hydroxylation is 3. The van der Waals surface area contributed by atoms with E-state index in [0.717, 1.165) is 64.9 Å². The topological polar surface area (TPSA) is 89.8 Å². The fourth-order valence-electron chi connectivity index (χ4n) is 4.69. The van der Waals surface area contributed by atoms with Crippen molar-refractivity contribution < 1.29 is 23.5 Å². The number of ether oxygens (including phenoxy) is 2. The van der Waals surface area contributed by atoms with E-state index < -0.39 is 0 Å². The number of fused-ring (bicyclic) bond motifs is 3. The van der Waals surface area contributed by atoms with Crippen LogP contribution in [0.2, 0.25) is 0 Å². The number of hydrogen-bond donors (Lipinski definition) is 2. The Kier molecular flexibility index (Phi) is 7.15. The van der Waals surface area contributed by atoms with Gasteiger partial charge >= 0.3 is 0 Å². The van der Waals surface area contributed by atoms with Crippen molar-refractivity contribution in [2.24, 2.45) is 0 Å². The Morgan fingerprint density at radius 3 is 2.60 bits per heavy atom. The maximum atomic E-state index is 13.0. The molecule has 1 aliphatic carbocycles. The summed E-state index contributed by atoms with van der Waals surface area (Å²) in [5, 5.41) is 6.69. The van der Waals surface area contributed by atoms with Crippen LogP contribution in [0.3, 0.4) is 0 Å². The SMILES string of the molecule is CCOc1c(/C(C)=C/C(=O)Nc2cc(NC(C)=O)ccc2OC)cc2c3c(oc2c1C)CCCC3. The van der Waals surface area contributed by atoms with Gasteiger partial charge in [-0.15, -0.1) is 0 Å². The Labute approximate surface area is 205 Å². The average molecular weight is 477 g/mol. The van der Waals surface area contributed by atoms with Crippen LogP contribution in [0.1, 0.15) is 56.1 Å². The number of benzene rings is 2. The third kappa shape index (κ3) is 5.04. The van der Waals surface area contributed by atoms with Crippen LogP contribution in [0.25, 0.3) is 16.5 Å². The number of allylic oxidation sites excluding steroid dienone is 1. The van der Waals surface area contributed by atoms with Crippen molar-refractivity contribution in [2.45, 2.75) is 53.4 Å². The molecule has 0 fully saturated rings. The molecule has 4 rings (SSSR count). The Morgan fingerprint density at radius 2 is 1.89 bits per heavy atom. The van der Waals surface area contributed by atoms with Crippen LogP contribution in [0, 0.1) is 6.92 Å². The molecule has 3 aromatic rings. The third-order valence-electron chi connectivity index (χ3n) is 6.27. The minimum Gasteiger partial charge on any atom is -0.495 e. The molecule has 1 heterocycles. The molecule has 0 saturated carbocycles. The van der Waals surface area contributed by atoms with Crippen molar-refractivity contribution in [2.75, 3.05) is 24.4 Å². The summed E-state index contributed by atoms with van der Waals surface area (Å²) in [5.74, 6) is 1.79. The fraction of sp³-hybridized carbons (Fsp3) is 0.357. The van der Waals surface area contributed by atoms with Gasteiger partial charge in [-0.1, -0.05) is 0 Å².